The molecule has 0 fully saturated rings. The maximum Gasteiger partial charge on any atom is 0.245 e. The van der Waals surface area contributed by atoms with Gasteiger partial charge in [0.05, 0.1) is 12.4 Å². The van der Waals surface area contributed by atoms with Crippen molar-refractivity contribution in [2.24, 2.45) is 10.2 Å². The lowest BCUT2D eigenvalue weighted by Gasteiger charge is -2.02. The highest BCUT2D eigenvalue weighted by Crippen LogP contribution is 2.06. The molecule has 0 atom stereocenters. The predicted octanol–water partition coefficient (Wildman–Crippen LogP) is 3.65. The van der Waals surface area contributed by atoms with Crippen molar-refractivity contribution in [2.45, 2.75) is 0 Å². The predicted molar refractivity (Wildman–Crippen MR) is 97.3 cm³/mol. The SMILES string of the molecule is Fc1ccc(/C=N/Nc2ccnc(N/N=C/c3ccc(F)cc3)n2)cc1. The fourth-order valence-electron chi connectivity index (χ4n) is 1.91. The molecule has 0 spiro atoms. The Morgan fingerprint density at radius 3 is 1.85 bits per heavy atom. The molecule has 2 aromatic carbocycles. The average molecular weight is 352 g/mol. The van der Waals surface area contributed by atoms with Gasteiger partial charge in [-0.1, -0.05) is 24.3 Å². The Labute approximate surface area is 148 Å². The number of hydrazone groups is 2. The molecule has 0 radical (unpaired) electrons. The van der Waals surface area contributed by atoms with Crippen LogP contribution in [0.25, 0.3) is 0 Å². The zero-order valence-electron chi connectivity index (χ0n) is 13.5. The number of aromatic nitrogens is 2. The highest BCUT2D eigenvalue weighted by molar-refractivity contribution is 5.80. The van der Waals surface area contributed by atoms with Crippen molar-refractivity contribution < 1.29 is 8.78 Å². The molecule has 0 amide bonds. The van der Waals surface area contributed by atoms with Gasteiger partial charge in [0.2, 0.25) is 5.95 Å². The van der Waals surface area contributed by atoms with E-state index in [1.807, 2.05) is 0 Å². The molecule has 6 nitrogen and oxygen atoms in total. The Morgan fingerprint density at radius 2 is 1.27 bits per heavy atom. The maximum atomic E-state index is 12.8. The number of anilines is 2. The molecular weight excluding hydrogens is 338 g/mol. The third-order valence-corrected chi connectivity index (χ3v) is 3.17. The van der Waals surface area contributed by atoms with Crippen LogP contribution < -0.4 is 10.9 Å². The number of halogens is 2. The molecule has 1 heterocycles. The first-order valence-electron chi connectivity index (χ1n) is 7.61. The monoisotopic (exact) mass is 352 g/mol. The summed E-state index contributed by atoms with van der Waals surface area (Å²) in [5.41, 5.74) is 6.91. The summed E-state index contributed by atoms with van der Waals surface area (Å²) in [6.07, 6.45) is 4.61. The molecule has 8 heteroatoms. The van der Waals surface area contributed by atoms with Gasteiger partial charge >= 0.3 is 0 Å². The minimum absolute atomic E-state index is 0.269. The Balaban J connectivity index is 1.57. The van der Waals surface area contributed by atoms with Crippen molar-refractivity contribution in [1.82, 2.24) is 9.97 Å². The zero-order chi connectivity index (χ0) is 18.2. The quantitative estimate of drug-likeness (QED) is 0.525. The number of hydrogen-bond donors (Lipinski definition) is 2. The van der Waals surface area contributed by atoms with Gasteiger partial charge in [0.15, 0.2) is 5.82 Å². The number of hydrogen-bond acceptors (Lipinski definition) is 6. The van der Waals surface area contributed by atoms with E-state index in [2.05, 4.69) is 31.0 Å². The van der Waals surface area contributed by atoms with Crippen molar-refractivity contribution >= 4 is 24.2 Å². The fourth-order valence-corrected chi connectivity index (χ4v) is 1.91. The summed E-state index contributed by atoms with van der Waals surface area (Å²) in [6.45, 7) is 0. The van der Waals surface area contributed by atoms with E-state index in [-0.39, 0.29) is 17.6 Å². The van der Waals surface area contributed by atoms with Crippen LogP contribution >= 0.6 is 0 Å². The van der Waals surface area contributed by atoms with Gasteiger partial charge in [0, 0.05) is 12.3 Å². The van der Waals surface area contributed by atoms with E-state index < -0.39 is 0 Å². The Morgan fingerprint density at radius 1 is 0.731 bits per heavy atom. The van der Waals surface area contributed by atoms with Crippen LogP contribution in [0.2, 0.25) is 0 Å². The second kappa shape index (κ2) is 8.43. The lowest BCUT2D eigenvalue weighted by molar-refractivity contribution is 0.627. The molecule has 0 aliphatic rings. The first kappa shape index (κ1) is 17.2. The Kier molecular flexibility index (Phi) is 5.56. The number of benzene rings is 2. The summed E-state index contributed by atoms with van der Waals surface area (Å²) >= 11 is 0. The highest BCUT2D eigenvalue weighted by Gasteiger charge is 1.97. The normalized spacial score (nSPS) is 11.2. The van der Waals surface area contributed by atoms with E-state index >= 15 is 0 Å². The second-order valence-electron chi connectivity index (χ2n) is 5.11. The van der Waals surface area contributed by atoms with Gasteiger partial charge in [-0.2, -0.15) is 15.2 Å². The van der Waals surface area contributed by atoms with Crippen LogP contribution in [0.5, 0.6) is 0 Å². The molecule has 0 bridgehead atoms. The summed E-state index contributed by atoms with van der Waals surface area (Å²) in [5.74, 6) is 0.115. The highest BCUT2D eigenvalue weighted by atomic mass is 19.1. The van der Waals surface area contributed by atoms with E-state index in [1.54, 1.807) is 42.7 Å². The summed E-state index contributed by atoms with van der Waals surface area (Å²) in [4.78, 5) is 8.21. The van der Waals surface area contributed by atoms with Crippen molar-refractivity contribution in [2.75, 3.05) is 10.9 Å². The van der Waals surface area contributed by atoms with Crippen LogP contribution in [0, 0.1) is 11.6 Å². The van der Waals surface area contributed by atoms with Gasteiger partial charge in [0.25, 0.3) is 0 Å². The van der Waals surface area contributed by atoms with E-state index in [1.165, 1.54) is 30.5 Å². The zero-order valence-corrected chi connectivity index (χ0v) is 13.5. The van der Waals surface area contributed by atoms with E-state index in [4.69, 9.17) is 0 Å². The van der Waals surface area contributed by atoms with Crippen LogP contribution in [0.4, 0.5) is 20.5 Å². The molecular formula is C18H14F2N6. The number of nitrogens with one attached hydrogen (secondary N) is 2. The molecule has 0 aliphatic heterocycles. The molecule has 130 valence electrons. The molecule has 0 saturated carbocycles. The third-order valence-electron chi connectivity index (χ3n) is 3.17. The fraction of sp³-hybridized carbons (Fsp3) is 0. The van der Waals surface area contributed by atoms with E-state index in [9.17, 15) is 8.78 Å². The second-order valence-corrected chi connectivity index (χ2v) is 5.11. The van der Waals surface area contributed by atoms with Gasteiger partial charge in [-0.05, 0) is 35.4 Å². The first-order chi connectivity index (χ1) is 12.7. The molecule has 3 rings (SSSR count). The lowest BCUT2D eigenvalue weighted by Crippen LogP contribution is -2.00. The van der Waals surface area contributed by atoms with Gasteiger partial charge in [0.1, 0.15) is 11.6 Å². The molecule has 26 heavy (non-hydrogen) atoms. The van der Waals surface area contributed by atoms with Crippen molar-refractivity contribution in [3.05, 3.63) is 83.6 Å². The lowest BCUT2D eigenvalue weighted by atomic mass is 10.2. The number of nitrogens with zero attached hydrogens (tertiary/aromatic N) is 4. The van der Waals surface area contributed by atoms with Crippen LogP contribution in [-0.2, 0) is 0 Å². The summed E-state index contributed by atoms with van der Waals surface area (Å²) < 4.78 is 25.7. The van der Waals surface area contributed by atoms with Crippen LogP contribution in [0.3, 0.4) is 0 Å². The minimum Gasteiger partial charge on any atom is -0.261 e. The van der Waals surface area contributed by atoms with Gasteiger partial charge in [-0.15, -0.1) is 0 Å². The van der Waals surface area contributed by atoms with Gasteiger partial charge < -0.3 is 0 Å². The molecule has 3 aromatic rings. The largest absolute Gasteiger partial charge is 0.261 e. The molecule has 1 aromatic heterocycles. The van der Waals surface area contributed by atoms with Crippen LogP contribution in [0.15, 0.2) is 71.0 Å². The molecule has 2 N–H and O–H groups in total. The van der Waals surface area contributed by atoms with Crippen molar-refractivity contribution in [3.8, 4) is 0 Å². The van der Waals surface area contributed by atoms with Gasteiger partial charge in [-0.3, -0.25) is 5.43 Å². The molecule has 0 aliphatic carbocycles. The summed E-state index contributed by atoms with van der Waals surface area (Å²) in [5, 5.41) is 8.02. The Bertz CT molecular complexity index is 835. The van der Waals surface area contributed by atoms with Crippen molar-refractivity contribution in [1.29, 1.82) is 0 Å². The van der Waals surface area contributed by atoms with Crippen LogP contribution in [-0.4, -0.2) is 22.4 Å². The minimum atomic E-state index is -0.307. The molecule has 0 unspecified atom stereocenters. The maximum absolute atomic E-state index is 12.8. The average Bonchev–Trinajstić information content (AvgIpc) is 2.65. The summed E-state index contributed by atoms with van der Waals surface area (Å²) in [7, 11) is 0. The van der Waals surface area contributed by atoms with Crippen LogP contribution in [0.1, 0.15) is 11.1 Å². The van der Waals surface area contributed by atoms with E-state index in [0.717, 1.165) is 11.1 Å². The smallest absolute Gasteiger partial charge is 0.245 e. The number of rotatable bonds is 6. The summed E-state index contributed by atoms with van der Waals surface area (Å²) in [6, 6.07) is 13.5. The van der Waals surface area contributed by atoms with Crippen molar-refractivity contribution in [3.63, 3.8) is 0 Å². The third kappa shape index (κ3) is 5.17. The topological polar surface area (TPSA) is 74.6 Å². The molecule has 0 saturated heterocycles. The van der Waals surface area contributed by atoms with E-state index in [0.29, 0.717) is 5.82 Å². The Hall–Kier alpha value is -3.68. The standard InChI is InChI=1S/C18H14F2N6/c19-15-5-1-13(2-6-15)11-22-25-17-9-10-21-18(24-17)26-23-12-14-3-7-16(20)8-4-14/h1-12H,(H2,21,24,25,26)/b22-11+,23-12+. The van der Waals surface area contributed by atoms with Gasteiger partial charge in [-0.25, -0.2) is 19.2 Å². The first-order valence-corrected chi connectivity index (χ1v) is 7.61.